The van der Waals surface area contributed by atoms with E-state index in [4.69, 9.17) is 16.0 Å². The number of oxazole rings is 1. The largest absolute Gasteiger partial charge is 0.441 e. The summed E-state index contributed by atoms with van der Waals surface area (Å²) in [5.74, 6) is 1.90. The molecule has 1 aromatic heterocycles. The maximum Gasteiger partial charge on any atom is 0.220 e. The SMILES string of the molecule is CC1CCCN(Cc2ccccc2CNC(=O)CCc2ncc(-c3ccccc3Cl)o2)C1. The van der Waals surface area contributed by atoms with Crippen LogP contribution >= 0.6 is 11.6 Å². The number of likely N-dealkylation sites (tertiary alicyclic amines) is 1. The molecule has 5 nitrogen and oxygen atoms in total. The van der Waals surface area contributed by atoms with Crippen molar-refractivity contribution < 1.29 is 9.21 Å². The Morgan fingerprint density at radius 3 is 2.78 bits per heavy atom. The predicted octanol–water partition coefficient (Wildman–Crippen LogP) is 5.48. The molecule has 4 rings (SSSR count). The fourth-order valence-corrected chi connectivity index (χ4v) is 4.50. The molecule has 0 spiro atoms. The van der Waals surface area contributed by atoms with Crippen molar-refractivity contribution in [3.63, 3.8) is 0 Å². The summed E-state index contributed by atoms with van der Waals surface area (Å²) in [6, 6.07) is 15.9. The molecule has 1 aliphatic rings. The van der Waals surface area contributed by atoms with E-state index in [1.807, 2.05) is 30.3 Å². The Hall–Kier alpha value is -2.63. The summed E-state index contributed by atoms with van der Waals surface area (Å²) in [5.41, 5.74) is 3.27. The number of nitrogens with zero attached hydrogens (tertiary/aromatic N) is 2. The number of amides is 1. The van der Waals surface area contributed by atoms with Crippen LogP contribution in [0.5, 0.6) is 0 Å². The highest BCUT2D eigenvalue weighted by atomic mass is 35.5. The van der Waals surface area contributed by atoms with Crippen molar-refractivity contribution in [2.45, 2.75) is 45.7 Å². The Kier molecular flexibility index (Phi) is 7.61. The summed E-state index contributed by atoms with van der Waals surface area (Å²) in [5, 5.41) is 3.67. The van der Waals surface area contributed by atoms with E-state index in [2.05, 4.69) is 40.3 Å². The zero-order chi connectivity index (χ0) is 22.3. The van der Waals surface area contributed by atoms with E-state index < -0.39 is 0 Å². The molecule has 0 saturated carbocycles. The molecule has 1 N–H and O–H groups in total. The summed E-state index contributed by atoms with van der Waals surface area (Å²) in [6.07, 6.45) is 5.02. The fourth-order valence-electron chi connectivity index (χ4n) is 4.27. The summed E-state index contributed by atoms with van der Waals surface area (Å²) >= 11 is 6.22. The molecule has 1 amide bonds. The van der Waals surface area contributed by atoms with E-state index in [1.165, 1.54) is 24.0 Å². The van der Waals surface area contributed by atoms with Crippen molar-refractivity contribution in [3.05, 3.63) is 76.8 Å². The smallest absolute Gasteiger partial charge is 0.220 e. The maximum absolute atomic E-state index is 12.5. The average Bonchev–Trinajstić information content (AvgIpc) is 3.26. The van der Waals surface area contributed by atoms with Gasteiger partial charge in [-0.15, -0.1) is 0 Å². The van der Waals surface area contributed by atoms with Gasteiger partial charge in [0.1, 0.15) is 0 Å². The van der Waals surface area contributed by atoms with Crippen molar-refractivity contribution >= 4 is 17.5 Å². The quantitative estimate of drug-likeness (QED) is 0.493. The van der Waals surface area contributed by atoms with Crippen molar-refractivity contribution in [3.8, 4) is 11.3 Å². The van der Waals surface area contributed by atoms with Gasteiger partial charge in [-0.05, 0) is 48.6 Å². The lowest BCUT2D eigenvalue weighted by Crippen LogP contribution is -2.34. The van der Waals surface area contributed by atoms with Crippen molar-refractivity contribution in [2.24, 2.45) is 5.92 Å². The lowest BCUT2D eigenvalue weighted by atomic mass is 9.99. The summed E-state index contributed by atoms with van der Waals surface area (Å²) in [7, 11) is 0. The van der Waals surface area contributed by atoms with Crippen LogP contribution < -0.4 is 5.32 Å². The van der Waals surface area contributed by atoms with E-state index in [1.54, 1.807) is 6.20 Å². The molecular weight excluding hydrogens is 422 g/mol. The Morgan fingerprint density at radius 2 is 1.97 bits per heavy atom. The van der Waals surface area contributed by atoms with Crippen LogP contribution in [-0.4, -0.2) is 28.9 Å². The monoisotopic (exact) mass is 451 g/mol. The number of piperidine rings is 1. The first-order chi connectivity index (χ1) is 15.6. The van der Waals surface area contributed by atoms with Gasteiger partial charge in [0, 0.05) is 38.0 Å². The van der Waals surface area contributed by atoms with E-state index in [0.29, 0.717) is 36.1 Å². The van der Waals surface area contributed by atoms with Crippen molar-refractivity contribution in [1.29, 1.82) is 0 Å². The number of carbonyl (C=O) groups excluding carboxylic acids is 1. The van der Waals surface area contributed by atoms with Gasteiger partial charge in [0.05, 0.1) is 11.2 Å². The highest BCUT2D eigenvalue weighted by Gasteiger charge is 2.17. The standard InChI is InChI=1S/C26H30ClN3O2/c1-19-7-6-14-30(17-19)18-21-9-3-2-8-20(21)15-28-25(31)12-13-26-29-16-24(32-26)22-10-4-5-11-23(22)27/h2-5,8-11,16,19H,6-7,12-15,17-18H2,1H3,(H,28,31). The first kappa shape index (κ1) is 22.6. The third-order valence-corrected chi connectivity index (χ3v) is 6.32. The van der Waals surface area contributed by atoms with Crippen molar-refractivity contribution in [2.75, 3.05) is 13.1 Å². The molecule has 3 aromatic rings. The van der Waals surface area contributed by atoms with Gasteiger partial charge in [0.15, 0.2) is 11.7 Å². The Balaban J connectivity index is 1.28. The molecule has 1 atom stereocenters. The average molecular weight is 452 g/mol. The molecule has 0 bridgehead atoms. The molecule has 0 radical (unpaired) electrons. The minimum Gasteiger partial charge on any atom is -0.441 e. The molecule has 6 heteroatoms. The third-order valence-electron chi connectivity index (χ3n) is 5.99. The van der Waals surface area contributed by atoms with Gasteiger partial charge >= 0.3 is 0 Å². The number of carbonyl (C=O) groups is 1. The fraction of sp³-hybridized carbons (Fsp3) is 0.385. The molecule has 1 fully saturated rings. The number of hydrogen-bond donors (Lipinski definition) is 1. The third kappa shape index (κ3) is 5.99. The molecule has 0 aliphatic carbocycles. The Labute approximate surface area is 194 Å². The molecule has 1 unspecified atom stereocenters. The lowest BCUT2D eigenvalue weighted by Gasteiger charge is -2.31. The maximum atomic E-state index is 12.5. The van der Waals surface area contributed by atoms with Crippen LogP contribution in [0.4, 0.5) is 0 Å². The van der Waals surface area contributed by atoms with Gasteiger partial charge in [-0.25, -0.2) is 4.98 Å². The highest BCUT2D eigenvalue weighted by molar-refractivity contribution is 6.33. The molecule has 168 valence electrons. The summed E-state index contributed by atoms with van der Waals surface area (Å²) in [6.45, 7) is 6.10. The van der Waals surface area contributed by atoms with E-state index in [-0.39, 0.29) is 5.91 Å². The van der Waals surface area contributed by atoms with Gasteiger partial charge in [0.2, 0.25) is 5.91 Å². The normalized spacial score (nSPS) is 16.8. The Bertz CT molecular complexity index is 1050. The summed E-state index contributed by atoms with van der Waals surface area (Å²) < 4.78 is 5.79. The minimum absolute atomic E-state index is 0.0103. The number of rotatable bonds is 8. The van der Waals surface area contributed by atoms with Gasteiger partial charge in [-0.2, -0.15) is 0 Å². The second kappa shape index (κ2) is 10.8. The number of nitrogens with one attached hydrogen (secondary N) is 1. The summed E-state index contributed by atoms with van der Waals surface area (Å²) in [4.78, 5) is 19.3. The van der Waals surface area contributed by atoms with Crippen LogP contribution in [0.3, 0.4) is 0 Å². The van der Waals surface area contributed by atoms with Gasteiger partial charge in [0.25, 0.3) is 0 Å². The van der Waals surface area contributed by atoms with Crippen LogP contribution in [0.2, 0.25) is 5.02 Å². The van der Waals surface area contributed by atoms with Crippen molar-refractivity contribution in [1.82, 2.24) is 15.2 Å². The number of aryl methyl sites for hydroxylation is 1. The van der Waals surface area contributed by atoms with E-state index in [0.717, 1.165) is 31.1 Å². The first-order valence-corrected chi connectivity index (χ1v) is 11.7. The minimum atomic E-state index is -0.0103. The molecule has 1 saturated heterocycles. The topological polar surface area (TPSA) is 58.4 Å². The van der Waals surface area contributed by atoms with E-state index >= 15 is 0 Å². The van der Waals surface area contributed by atoms with Crippen LogP contribution in [0.25, 0.3) is 11.3 Å². The number of hydrogen-bond acceptors (Lipinski definition) is 4. The molecule has 2 heterocycles. The second-order valence-electron chi connectivity index (χ2n) is 8.63. The van der Waals surface area contributed by atoms with Gasteiger partial charge in [-0.3, -0.25) is 9.69 Å². The van der Waals surface area contributed by atoms with E-state index in [9.17, 15) is 4.79 Å². The van der Waals surface area contributed by atoms with Crippen LogP contribution in [0.15, 0.2) is 59.1 Å². The number of benzene rings is 2. The molecule has 2 aromatic carbocycles. The van der Waals surface area contributed by atoms with Crippen LogP contribution in [0.1, 0.15) is 43.2 Å². The number of halogens is 1. The zero-order valence-electron chi connectivity index (χ0n) is 18.5. The second-order valence-corrected chi connectivity index (χ2v) is 9.03. The highest BCUT2D eigenvalue weighted by Crippen LogP contribution is 2.28. The van der Waals surface area contributed by atoms with Gasteiger partial charge in [-0.1, -0.05) is 54.9 Å². The molecule has 1 aliphatic heterocycles. The number of aromatic nitrogens is 1. The first-order valence-electron chi connectivity index (χ1n) is 11.3. The Morgan fingerprint density at radius 1 is 1.19 bits per heavy atom. The molecular formula is C26H30ClN3O2. The zero-order valence-corrected chi connectivity index (χ0v) is 19.3. The van der Waals surface area contributed by atoms with Gasteiger partial charge < -0.3 is 9.73 Å². The predicted molar refractivity (Wildman–Crippen MR) is 127 cm³/mol. The van der Waals surface area contributed by atoms with Crippen LogP contribution in [-0.2, 0) is 24.3 Å². The molecule has 32 heavy (non-hydrogen) atoms. The lowest BCUT2D eigenvalue weighted by molar-refractivity contribution is -0.121. The van der Waals surface area contributed by atoms with Crippen LogP contribution in [0, 0.1) is 5.92 Å².